The van der Waals surface area contributed by atoms with Crippen molar-refractivity contribution >= 4 is 67.0 Å². The van der Waals surface area contributed by atoms with Crippen LogP contribution in [0.4, 0.5) is 10.1 Å². The summed E-state index contributed by atoms with van der Waals surface area (Å²) in [5.74, 6) is 1.22. The fraction of sp³-hybridized carbons (Fsp3) is 0.205. The number of rotatable bonds is 3. The van der Waals surface area contributed by atoms with E-state index in [2.05, 4.69) is 51.8 Å². The number of halogens is 4. The summed E-state index contributed by atoms with van der Waals surface area (Å²) in [6.45, 7) is 0.829. The Balaban J connectivity index is 0.000000175. The van der Waals surface area contributed by atoms with Gasteiger partial charge in [0.05, 0.1) is 18.8 Å². The molecule has 17 heteroatoms. The number of pyridine rings is 2. The quantitative estimate of drug-likeness (QED) is 0.105. The van der Waals surface area contributed by atoms with Gasteiger partial charge in [-0.25, -0.2) is 24.3 Å². The Morgan fingerprint density at radius 1 is 0.768 bits per heavy atom. The molecule has 4 aliphatic rings. The Bertz CT molecular complexity index is 2380. The van der Waals surface area contributed by atoms with E-state index in [9.17, 15) is 9.18 Å². The van der Waals surface area contributed by atoms with E-state index in [-0.39, 0.29) is 34.8 Å². The molecule has 7 N–H and O–H groups in total. The van der Waals surface area contributed by atoms with E-state index < -0.39 is 16.9 Å². The Morgan fingerprint density at radius 3 is 1.84 bits per heavy atom. The van der Waals surface area contributed by atoms with Crippen LogP contribution in [0.2, 0.25) is 5.02 Å². The number of nitrogen functional groups attached to an aromatic ring is 1. The van der Waals surface area contributed by atoms with Crippen LogP contribution in [0.25, 0.3) is 0 Å². The largest absolute Gasteiger partial charge is 0.465 e. The molecule has 0 unspecified atom stereocenters. The van der Waals surface area contributed by atoms with Crippen LogP contribution < -0.4 is 26.7 Å². The fourth-order valence-electron chi connectivity index (χ4n) is 7.10. The number of ether oxygens (including phenoxy) is 4. The Labute approximate surface area is 342 Å². The smallest absolute Gasteiger partial charge is 0.283 e. The predicted octanol–water partition coefficient (Wildman–Crippen LogP) is 7.27. The average Bonchev–Trinajstić information content (AvgIpc) is 3.17. The van der Waals surface area contributed by atoms with Crippen LogP contribution in [0.15, 0.2) is 98.1 Å². The molecule has 2 spiro atoms. The molecule has 0 bridgehead atoms. The van der Waals surface area contributed by atoms with Crippen LogP contribution in [0.3, 0.4) is 0 Å². The highest BCUT2D eigenvalue weighted by Crippen LogP contribution is 2.53. The Kier molecular flexibility index (Phi) is 10.9. The molecule has 6 heterocycles. The van der Waals surface area contributed by atoms with Crippen molar-refractivity contribution in [1.82, 2.24) is 9.97 Å². The molecule has 0 saturated heterocycles. The number of carbonyl (C=O) groups is 1. The van der Waals surface area contributed by atoms with Gasteiger partial charge >= 0.3 is 0 Å². The third-order valence-electron chi connectivity index (χ3n) is 9.50. The number of ketones is 1. The molecule has 2 aromatic heterocycles. The number of amidine groups is 2. The first-order chi connectivity index (χ1) is 26.9. The number of nitrogens with two attached hydrogens (primary N) is 3. The van der Waals surface area contributed by atoms with E-state index in [0.29, 0.717) is 60.6 Å². The Hall–Kier alpha value is -5.29. The van der Waals surface area contributed by atoms with E-state index in [1.165, 1.54) is 12.1 Å². The second-order valence-electron chi connectivity index (χ2n) is 12.8. The molecule has 0 fully saturated rings. The zero-order chi connectivity index (χ0) is 39.8. The summed E-state index contributed by atoms with van der Waals surface area (Å²) < 4.78 is 38.5. The number of hydrogen-bond donors (Lipinski definition) is 4. The third-order valence-corrected chi connectivity index (χ3v) is 10.6. The standard InChI is InChI=1S/C23H16BrClFN3O3.C15H13BrN4O2.CH4O/c24-13-9-17-21(28-11-13)32-20-4-1-12(7-16(20)23(17)5-6-31-22(27)29-23)8-19(30)15-3-2-14(25)10-18(15)26;16-8-5-11-13(19-7-8)22-12-2-1-9(17)6-10(12)15(11)3-4-21-14(18)20-15;1-2/h1-4,7,9-11H,5-6,8H2,(H2,27,29);1-2,5-7H,3-4,17H2,(H2,18,20);2H,1H3/t23-;15-;/m00./s1. The number of benzene rings is 3. The molecule has 13 nitrogen and oxygen atoms in total. The molecular formula is C39H33Br2ClFN7O6. The number of aliphatic hydroxyl groups is 1. The zero-order valence-corrected chi connectivity index (χ0v) is 33.5. The number of Topliss-reactive ketones (excluding diaryl/α,β-unsaturated/α-hetero) is 1. The monoisotopic (exact) mass is 907 g/mol. The van der Waals surface area contributed by atoms with Gasteiger partial charge < -0.3 is 41.3 Å². The van der Waals surface area contributed by atoms with Gasteiger partial charge in [-0.15, -0.1) is 0 Å². The van der Waals surface area contributed by atoms with E-state index >= 15 is 0 Å². The number of fused-ring (bicyclic) bond motifs is 8. The van der Waals surface area contributed by atoms with Crippen molar-refractivity contribution < 1.29 is 33.2 Å². The maximum Gasteiger partial charge on any atom is 0.283 e. The van der Waals surface area contributed by atoms with Crippen molar-refractivity contribution in [2.24, 2.45) is 21.5 Å². The number of anilines is 1. The first kappa shape index (κ1) is 39.0. The molecule has 0 radical (unpaired) electrons. The summed E-state index contributed by atoms with van der Waals surface area (Å²) in [5, 5.41) is 7.24. The van der Waals surface area contributed by atoms with Crippen molar-refractivity contribution in [1.29, 1.82) is 0 Å². The Morgan fingerprint density at radius 2 is 1.30 bits per heavy atom. The lowest BCUT2D eigenvalue weighted by molar-refractivity contribution is 0.0989. The van der Waals surface area contributed by atoms with Crippen molar-refractivity contribution in [3.63, 3.8) is 0 Å². The molecule has 0 aliphatic carbocycles. The third kappa shape index (κ3) is 7.24. The zero-order valence-electron chi connectivity index (χ0n) is 29.6. The molecule has 5 aromatic rings. The second-order valence-corrected chi connectivity index (χ2v) is 15.1. The fourth-order valence-corrected chi connectivity index (χ4v) is 7.92. The number of aromatic nitrogens is 2. The molecular weight excluding hydrogens is 877 g/mol. The van der Waals surface area contributed by atoms with E-state index in [1.807, 2.05) is 30.3 Å². The van der Waals surface area contributed by atoms with E-state index in [0.717, 1.165) is 44.4 Å². The second kappa shape index (κ2) is 15.7. The molecule has 0 amide bonds. The first-order valence-electron chi connectivity index (χ1n) is 17.0. The summed E-state index contributed by atoms with van der Waals surface area (Å²) >= 11 is 12.7. The molecule has 56 heavy (non-hydrogen) atoms. The number of carbonyl (C=O) groups excluding carboxylic acids is 1. The number of hydrogen-bond acceptors (Lipinski definition) is 13. The normalized spacial score (nSPS) is 19.5. The topological polar surface area (TPSA) is 203 Å². The van der Waals surface area contributed by atoms with Gasteiger partial charge in [0.2, 0.25) is 11.8 Å². The van der Waals surface area contributed by atoms with Crippen LogP contribution in [0.1, 0.15) is 51.0 Å². The van der Waals surface area contributed by atoms with Gasteiger partial charge in [0.25, 0.3) is 12.0 Å². The van der Waals surface area contributed by atoms with Crippen LogP contribution >= 0.6 is 43.5 Å². The predicted molar refractivity (Wildman–Crippen MR) is 215 cm³/mol. The number of nitrogens with zero attached hydrogens (tertiary/aromatic N) is 4. The first-order valence-corrected chi connectivity index (χ1v) is 19.0. The lowest BCUT2D eigenvalue weighted by atomic mass is 9.78. The summed E-state index contributed by atoms with van der Waals surface area (Å²) in [6, 6.07) is 19.0. The SMILES string of the molecule is CO.NC1=N[C@@]2(CCO1)c1cc(CC(=O)c3ccc(Cl)cc3F)ccc1Oc1ncc(Br)cc12.NC1=N[C@@]2(CCO1)c1cc(N)ccc1Oc1ncc(Br)cc12. The summed E-state index contributed by atoms with van der Waals surface area (Å²) in [7, 11) is 1.00. The van der Waals surface area contributed by atoms with Crippen LogP contribution in [-0.2, 0) is 27.0 Å². The lowest BCUT2D eigenvalue weighted by Crippen LogP contribution is -2.38. The van der Waals surface area contributed by atoms with Gasteiger partial charge in [-0.3, -0.25) is 4.79 Å². The van der Waals surface area contributed by atoms with E-state index in [4.69, 9.17) is 52.9 Å². The number of aliphatic hydroxyl groups excluding tert-OH is 1. The summed E-state index contributed by atoms with van der Waals surface area (Å²) in [4.78, 5) is 30.8. The number of aliphatic imine (C=N–C) groups is 2. The highest BCUT2D eigenvalue weighted by molar-refractivity contribution is 9.10. The molecule has 3 aromatic carbocycles. The summed E-state index contributed by atoms with van der Waals surface area (Å²) in [6.07, 6.45) is 4.50. The highest BCUT2D eigenvalue weighted by atomic mass is 79.9. The van der Waals surface area contributed by atoms with Crippen molar-refractivity contribution in [2.45, 2.75) is 30.3 Å². The van der Waals surface area contributed by atoms with Crippen LogP contribution in [0.5, 0.6) is 23.3 Å². The van der Waals surface area contributed by atoms with Crippen LogP contribution in [0, 0.1) is 5.82 Å². The van der Waals surface area contributed by atoms with Crippen molar-refractivity contribution in [3.05, 3.63) is 132 Å². The van der Waals surface area contributed by atoms with Gasteiger partial charge in [0.1, 0.15) is 28.4 Å². The highest BCUT2D eigenvalue weighted by Gasteiger charge is 2.47. The minimum atomic E-state index is -0.868. The van der Waals surface area contributed by atoms with Gasteiger partial charge in [-0.05, 0) is 98.1 Å². The minimum Gasteiger partial charge on any atom is -0.465 e. The summed E-state index contributed by atoms with van der Waals surface area (Å²) in [5.41, 5.74) is 20.8. The molecule has 9 rings (SSSR count). The minimum absolute atomic E-state index is 0.00119. The molecule has 0 saturated carbocycles. The molecule has 4 aliphatic heterocycles. The van der Waals surface area contributed by atoms with Crippen molar-refractivity contribution in [2.75, 3.05) is 26.1 Å². The molecule has 2 atom stereocenters. The van der Waals surface area contributed by atoms with Gasteiger partial charge in [-0.2, -0.15) is 0 Å². The van der Waals surface area contributed by atoms with Gasteiger partial charge in [0.15, 0.2) is 5.78 Å². The van der Waals surface area contributed by atoms with Gasteiger partial charge in [0, 0.05) is 80.7 Å². The van der Waals surface area contributed by atoms with Gasteiger partial charge in [-0.1, -0.05) is 17.7 Å². The average molecular weight is 910 g/mol. The lowest BCUT2D eigenvalue weighted by Gasteiger charge is -2.38. The molecule has 288 valence electrons. The van der Waals surface area contributed by atoms with E-state index in [1.54, 1.807) is 30.6 Å². The van der Waals surface area contributed by atoms with Crippen LogP contribution in [-0.4, -0.2) is 53.2 Å². The maximum atomic E-state index is 14.2. The van der Waals surface area contributed by atoms with Crippen molar-refractivity contribution in [3.8, 4) is 23.3 Å². The maximum absolute atomic E-state index is 14.2.